The molecule has 0 atom stereocenters. The van der Waals surface area contributed by atoms with Gasteiger partial charge in [0.05, 0.1) is 5.88 Å². The average Bonchev–Trinajstić information content (AvgIpc) is 3.39. The van der Waals surface area contributed by atoms with Crippen LogP contribution in [0.1, 0.15) is 11.1 Å². The second-order valence-electron chi connectivity index (χ2n) is 5.95. The summed E-state index contributed by atoms with van der Waals surface area (Å²) < 4.78 is 0. The third-order valence-corrected chi connectivity index (χ3v) is 4.94. The number of hydrogen-bond donors (Lipinski definition) is 0. The fraction of sp³-hybridized carbons (Fsp3) is 0.0870. The van der Waals surface area contributed by atoms with Crippen LogP contribution in [0.5, 0.6) is 0 Å². The molecular weight excluding hydrogens is 529 g/mol. The fourth-order valence-electron chi connectivity index (χ4n) is 2.88. The normalized spacial score (nSPS) is 13.9. The summed E-state index contributed by atoms with van der Waals surface area (Å²) >= 11 is 1.83. The summed E-state index contributed by atoms with van der Waals surface area (Å²) in [7, 11) is 0. The quantitative estimate of drug-likeness (QED) is 0.406. The predicted octanol–water partition coefficient (Wildman–Crippen LogP) is 5.30. The molecular formula is C23H18IrN2S-2. The molecule has 2 heterocycles. The standard InChI is InChI=1S/C12H10NS.C11H8N.Ir/c1-2-4-11-8-12(7-10(11)3-1)13-5-6-14-9-13;1-2-6-10(7-3-1)11-8-4-5-9-12-11;/h1-6H,7,9H2;1-6,8-9H;/q2*-1;. The number of fused-ring (bicyclic) bond motifs is 1. The van der Waals surface area contributed by atoms with Gasteiger partial charge in [-0.2, -0.15) is 17.7 Å². The van der Waals surface area contributed by atoms with Gasteiger partial charge in [0.1, 0.15) is 0 Å². The minimum absolute atomic E-state index is 0. The Kier molecular flexibility index (Phi) is 7.05. The number of pyridine rings is 1. The molecule has 2 aliphatic rings. The summed E-state index contributed by atoms with van der Waals surface area (Å²) in [5.41, 5.74) is 5.96. The van der Waals surface area contributed by atoms with Gasteiger partial charge in [0.15, 0.2) is 0 Å². The third kappa shape index (κ3) is 4.98. The van der Waals surface area contributed by atoms with E-state index in [0.717, 1.165) is 23.6 Å². The zero-order valence-corrected chi connectivity index (χ0v) is 17.8. The molecule has 1 aliphatic carbocycles. The summed E-state index contributed by atoms with van der Waals surface area (Å²) in [6.45, 7) is 0. The number of benzene rings is 2. The molecule has 0 unspecified atom stereocenters. The van der Waals surface area contributed by atoms with Crippen molar-refractivity contribution in [3.05, 3.63) is 114 Å². The third-order valence-electron chi connectivity index (χ3n) is 4.20. The van der Waals surface area contributed by atoms with Crippen molar-refractivity contribution in [2.45, 2.75) is 6.42 Å². The Morgan fingerprint density at radius 3 is 2.52 bits per heavy atom. The van der Waals surface area contributed by atoms with Gasteiger partial charge in [0, 0.05) is 32.5 Å². The molecule has 4 heteroatoms. The summed E-state index contributed by atoms with van der Waals surface area (Å²) in [5, 5.41) is 2.14. The van der Waals surface area contributed by atoms with Crippen molar-refractivity contribution in [3.63, 3.8) is 0 Å². The first-order chi connectivity index (χ1) is 12.9. The van der Waals surface area contributed by atoms with Crippen LogP contribution < -0.4 is 0 Å². The molecule has 0 fully saturated rings. The van der Waals surface area contributed by atoms with E-state index in [2.05, 4.69) is 57.9 Å². The van der Waals surface area contributed by atoms with Crippen LogP contribution in [0.25, 0.3) is 11.3 Å². The van der Waals surface area contributed by atoms with Crippen molar-refractivity contribution >= 4 is 11.8 Å². The number of nitrogens with zero attached hydrogens (tertiary/aromatic N) is 2. The van der Waals surface area contributed by atoms with E-state index < -0.39 is 0 Å². The summed E-state index contributed by atoms with van der Waals surface area (Å²) in [6, 6.07) is 25.3. The fourth-order valence-corrected chi connectivity index (χ4v) is 3.60. The Morgan fingerprint density at radius 2 is 1.81 bits per heavy atom. The van der Waals surface area contributed by atoms with E-state index in [1.54, 1.807) is 6.20 Å². The Labute approximate surface area is 178 Å². The first kappa shape index (κ1) is 19.6. The summed E-state index contributed by atoms with van der Waals surface area (Å²) in [4.78, 5) is 6.49. The van der Waals surface area contributed by atoms with E-state index in [0.29, 0.717) is 0 Å². The smallest absolute Gasteiger partial charge is 0.0708 e. The van der Waals surface area contributed by atoms with Crippen LogP contribution in [0.2, 0.25) is 0 Å². The molecule has 137 valence electrons. The van der Waals surface area contributed by atoms with Crippen LogP contribution in [0.4, 0.5) is 0 Å². The molecule has 0 N–H and O–H groups in total. The van der Waals surface area contributed by atoms with Gasteiger partial charge in [-0.3, -0.25) is 0 Å². The van der Waals surface area contributed by atoms with Crippen molar-refractivity contribution < 1.29 is 20.1 Å². The van der Waals surface area contributed by atoms with Gasteiger partial charge in [-0.05, 0) is 29.3 Å². The van der Waals surface area contributed by atoms with Crippen molar-refractivity contribution in [2.75, 3.05) is 5.88 Å². The van der Waals surface area contributed by atoms with Crippen molar-refractivity contribution in [2.24, 2.45) is 0 Å². The molecule has 1 aliphatic heterocycles. The number of hydrogen-bond acceptors (Lipinski definition) is 3. The van der Waals surface area contributed by atoms with E-state index in [4.69, 9.17) is 0 Å². The Morgan fingerprint density at radius 1 is 0.963 bits per heavy atom. The van der Waals surface area contributed by atoms with Crippen LogP contribution in [-0.2, 0) is 26.5 Å². The maximum absolute atomic E-state index is 4.22. The summed E-state index contributed by atoms with van der Waals surface area (Å²) in [6.07, 6.45) is 8.41. The van der Waals surface area contributed by atoms with Gasteiger partial charge in [-0.15, -0.1) is 65.4 Å². The Hall–Kier alpha value is -2.13. The predicted molar refractivity (Wildman–Crippen MR) is 108 cm³/mol. The van der Waals surface area contributed by atoms with Crippen LogP contribution >= 0.6 is 11.8 Å². The molecule has 0 saturated carbocycles. The number of allylic oxidation sites excluding steroid dienone is 1. The van der Waals surface area contributed by atoms with Crippen LogP contribution in [0.3, 0.4) is 0 Å². The first-order valence-corrected chi connectivity index (χ1v) is 9.59. The molecule has 1 aromatic heterocycles. The van der Waals surface area contributed by atoms with E-state index in [9.17, 15) is 0 Å². The van der Waals surface area contributed by atoms with E-state index in [1.165, 1.54) is 16.8 Å². The molecule has 0 amide bonds. The molecule has 1 radical (unpaired) electrons. The summed E-state index contributed by atoms with van der Waals surface area (Å²) in [5.74, 6) is 1.04. The number of thioether (sulfide) groups is 1. The molecule has 27 heavy (non-hydrogen) atoms. The molecule has 0 saturated heterocycles. The SMILES string of the molecule is [C-]1=C(N2C=CSC2)Cc2ccccc21.[Ir].[c-]1ccccc1-c1ccccn1. The zero-order valence-electron chi connectivity index (χ0n) is 14.6. The maximum atomic E-state index is 4.22. The zero-order chi connectivity index (χ0) is 17.6. The van der Waals surface area contributed by atoms with Gasteiger partial charge >= 0.3 is 0 Å². The van der Waals surface area contributed by atoms with E-state index >= 15 is 0 Å². The number of aromatic nitrogens is 1. The first-order valence-electron chi connectivity index (χ1n) is 8.54. The largest absolute Gasteiger partial charge is 0.353 e. The minimum Gasteiger partial charge on any atom is -0.353 e. The Balaban J connectivity index is 0.000000152. The van der Waals surface area contributed by atoms with Crippen LogP contribution in [0, 0.1) is 12.1 Å². The van der Waals surface area contributed by atoms with Gasteiger partial charge in [-0.1, -0.05) is 18.2 Å². The van der Waals surface area contributed by atoms with Gasteiger partial charge < -0.3 is 9.88 Å². The van der Waals surface area contributed by atoms with Gasteiger partial charge in [0.2, 0.25) is 0 Å². The topological polar surface area (TPSA) is 16.1 Å². The molecule has 0 bridgehead atoms. The molecule has 2 aromatic carbocycles. The Bertz CT molecular complexity index is 886. The molecule has 3 aromatic rings. The molecule has 5 rings (SSSR count). The van der Waals surface area contributed by atoms with Gasteiger partial charge in [0.25, 0.3) is 0 Å². The average molecular weight is 547 g/mol. The van der Waals surface area contributed by atoms with Crippen molar-refractivity contribution in [1.82, 2.24) is 9.88 Å². The van der Waals surface area contributed by atoms with Crippen molar-refractivity contribution in [3.8, 4) is 11.3 Å². The number of rotatable bonds is 2. The van der Waals surface area contributed by atoms with Crippen LogP contribution in [-0.4, -0.2) is 15.8 Å². The van der Waals surface area contributed by atoms with Crippen molar-refractivity contribution in [1.29, 1.82) is 0 Å². The monoisotopic (exact) mass is 547 g/mol. The minimum atomic E-state index is 0. The van der Waals surface area contributed by atoms with E-state index in [-0.39, 0.29) is 20.1 Å². The maximum Gasteiger partial charge on any atom is 0.0708 e. The molecule has 0 spiro atoms. The van der Waals surface area contributed by atoms with Gasteiger partial charge in [-0.25, -0.2) is 0 Å². The van der Waals surface area contributed by atoms with Crippen LogP contribution in [0.15, 0.2) is 90.2 Å². The second kappa shape index (κ2) is 9.70. The molecule has 2 nitrogen and oxygen atoms in total. The van der Waals surface area contributed by atoms with E-state index in [1.807, 2.05) is 54.2 Å². The second-order valence-corrected chi connectivity index (χ2v) is 6.81.